The third kappa shape index (κ3) is 7.24. The maximum Gasteiger partial charge on any atom is 0.387 e. The molecule has 0 atom stereocenters. The molecule has 0 radical (unpaired) electrons. The number of benzene rings is 2. The molecule has 0 aliphatic carbocycles. The summed E-state index contributed by atoms with van der Waals surface area (Å²) >= 11 is 7.04. The largest absolute Gasteiger partial charge is 0.465 e. The Kier molecular flexibility index (Phi) is 8.99. The summed E-state index contributed by atoms with van der Waals surface area (Å²) in [6.45, 7) is -3.22. The highest BCUT2D eigenvalue weighted by atomic mass is 35.5. The molecule has 0 bridgehead atoms. The molecule has 0 fully saturated rings. The molecule has 202 valence electrons. The molecule has 1 aliphatic heterocycles. The van der Waals surface area contributed by atoms with Crippen LogP contribution >= 0.6 is 23.4 Å². The minimum absolute atomic E-state index is 0.0558. The van der Waals surface area contributed by atoms with Crippen LogP contribution in [0.2, 0.25) is 5.02 Å². The summed E-state index contributed by atoms with van der Waals surface area (Å²) in [4.78, 5) is 45.2. The first-order chi connectivity index (χ1) is 18.7. The van der Waals surface area contributed by atoms with Gasteiger partial charge >= 0.3 is 6.61 Å². The second-order valence-corrected chi connectivity index (χ2v) is 9.37. The summed E-state index contributed by atoms with van der Waals surface area (Å²) in [6, 6.07) is 15.5. The number of amidine groups is 1. The second kappa shape index (κ2) is 12.6. The summed E-state index contributed by atoms with van der Waals surface area (Å²) in [6.07, 6.45) is 2.89. The quantitative estimate of drug-likeness (QED) is 0.356. The smallest absolute Gasteiger partial charge is 0.387 e. The number of carbonyl (C=O) groups is 3. The summed E-state index contributed by atoms with van der Waals surface area (Å²) in [5, 5.41) is 3.20. The van der Waals surface area contributed by atoms with Gasteiger partial charge in [0.05, 0.1) is 35.0 Å². The molecule has 2 heterocycles. The van der Waals surface area contributed by atoms with Crippen molar-refractivity contribution in [1.82, 2.24) is 4.90 Å². The monoisotopic (exact) mass is 574 g/mol. The average molecular weight is 575 g/mol. The maximum absolute atomic E-state index is 13.2. The Balaban J connectivity index is 1.46. The first-order valence-electron chi connectivity index (χ1n) is 11.4. The molecule has 3 amide bonds. The Bertz CT molecular complexity index is 1410. The van der Waals surface area contributed by atoms with E-state index in [1.807, 2.05) is 0 Å². The highest BCUT2D eigenvalue weighted by Gasteiger charge is 2.33. The van der Waals surface area contributed by atoms with Crippen molar-refractivity contribution in [3.63, 3.8) is 0 Å². The number of furan rings is 1. The minimum Gasteiger partial charge on any atom is -0.465 e. The molecule has 0 saturated carbocycles. The lowest BCUT2D eigenvalue weighted by Gasteiger charge is -2.20. The summed E-state index contributed by atoms with van der Waals surface area (Å²) < 4.78 is 34.7. The molecular formula is C26H21ClF2N4O5S. The molecule has 9 nitrogen and oxygen atoms in total. The van der Waals surface area contributed by atoms with Crippen LogP contribution in [0.3, 0.4) is 0 Å². The van der Waals surface area contributed by atoms with Gasteiger partial charge in [0, 0.05) is 13.1 Å². The lowest BCUT2D eigenvalue weighted by molar-refractivity contribution is -0.131. The Morgan fingerprint density at radius 3 is 2.59 bits per heavy atom. The number of nitrogens with zero attached hydrogens (tertiary/aromatic N) is 3. The molecule has 0 unspecified atom stereocenters. The van der Waals surface area contributed by atoms with Crippen molar-refractivity contribution < 1.29 is 32.3 Å². The van der Waals surface area contributed by atoms with Gasteiger partial charge in [-0.3, -0.25) is 19.3 Å². The third-order valence-corrected chi connectivity index (χ3v) is 6.50. The van der Waals surface area contributed by atoms with E-state index in [-0.39, 0.29) is 28.9 Å². The van der Waals surface area contributed by atoms with Crippen LogP contribution in [0.25, 0.3) is 6.08 Å². The summed E-state index contributed by atoms with van der Waals surface area (Å²) in [5.41, 5.74) is 0.811. The maximum atomic E-state index is 13.2. The molecule has 4 rings (SSSR count). The number of hydrogen-bond acceptors (Lipinski definition) is 7. The lowest BCUT2D eigenvalue weighted by atomic mass is 10.2. The van der Waals surface area contributed by atoms with Gasteiger partial charge in [-0.1, -0.05) is 35.5 Å². The Labute approximate surface area is 231 Å². The number of carbonyl (C=O) groups excluding carboxylic acids is 3. The lowest BCUT2D eigenvalue weighted by Crippen LogP contribution is -2.37. The number of likely N-dealkylation sites (N-methyl/N-ethyl adjacent to an activating group) is 1. The van der Waals surface area contributed by atoms with Crippen LogP contribution in [-0.4, -0.2) is 53.7 Å². The van der Waals surface area contributed by atoms with Crippen molar-refractivity contribution in [1.29, 1.82) is 0 Å². The van der Waals surface area contributed by atoms with Crippen molar-refractivity contribution in [3.05, 3.63) is 83.4 Å². The number of alkyl halides is 2. The number of amides is 3. The number of rotatable bonds is 9. The normalized spacial score (nSPS) is 14.1. The van der Waals surface area contributed by atoms with Crippen molar-refractivity contribution in [3.8, 4) is 5.75 Å². The van der Waals surface area contributed by atoms with Crippen LogP contribution in [0.15, 0.2) is 82.0 Å². The van der Waals surface area contributed by atoms with Crippen LogP contribution < -0.4 is 15.0 Å². The van der Waals surface area contributed by atoms with Gasteiger partial charge in [0.15, 0.2) is 5.17 Å². The van der Waals surface area contributed by atoms with Crippen LogP contribution in [0.4, 0.5) is 20.2 Å². The van der Waals surface area contributed by atoms with Gasteiger partial charge in [-0.05, 0) is 48.5 Å². The van der Waals surface area contributed by atoms with E-state index in [9.17, 15) is 23.2 Å². The molecule has 13 heteroatoms. The Morgan fingerprint density at radius 1 is 1.18 bits per heavy atom. The van der Waals surface area contributed by atoms with E-state index in [4.69, 9.17) is 16.0 Å². The van der Waals surface area contributed by atoms with Crippen LogP contribution in [0, 0.1) is 0 Å². The van der Waals surface area contributed by atoms with E-state index >= 15 is 0 Å². The fraction of sp³-hybridized carbons (Fsp3) is 0.154. The van der Waals surface area contributed by atoms with E-state index in [0.717, 1.165) is 11.8 Å². The number of thioether (sulfide) groups is 1. The number of anilines is 2. The molecule has 0 saturated heterocycles. The molecular weight excluding hydrogens is 554 g/mol. The van der Waals surface area contributed by atoms with Gasteiger partial charge in [-0.15, -0.1) is 0 Å². The minimum atomic E-state index is -2.99. The van der Waals surface area contributed by atoms with E-state index in [1.54, 1.807) is 36.4 Å². The number of para-hydroxylation sites is 1. The number of ether oxygens (including phenoxy) is 1. The number of nitrogens with one attached hydrogen (secondary N) is 1. The van der Waals surface area contributed by atoms with Gasteiger partial charge in [-0.25, -0.2) is 4.99 Å². The van der Waals surface area contributed by atoms with E-state index in [0.29, 0.717) is 22.2 Å². The predicted octanol–water partition coefficient (Wildman–Crippen LogP) is 5.11. The number of halogens is 3. The molecule has 0 spiro atoms. The van der Waals surface area contributed by atoms with Crippen molar-refractivity contribution in [2.75, 3.05) is 29.6 Å². The molecule has 1 aromatic heterocycles. The topological polar surface area (TPSA) is 104 Å². The molecule has 3 aromatic rings. The zero-order valence-corrected chi connectivity index (χ0v) is 21.9. The first-order valence-corrected chi connectivity index (χ1v) is 12.7. The highest BCUT2D eigenvalue weighted by molar-refractivity contribution is 8.14. The molecule has 39 heavy (non-hydrogen) atoms. The van der Waals surface area contributed by atoms with Gasteiger partial charge in [0.2, 0.25) is 11.8 Å². The van der Waals surface area contributed by atoms with Gasteiger partial charge in [0.25, 0.3) is 5.91 Å². The van der Waals surface area contributed by atoms with Crippen LogP contribution in [0.1, 0.15) is 5.76 Å². The van der Waals surface area contributed by atoms with E-state index in [2.05, 4.69) is 15.0 Å². The van der Waals surface area contributed by atoms with E-state index in [1.165, 1.54) is 53.5 Å². The Hall–Kier alpha value is -4.16. The molecule has 1 N–H and O–H groups in total. The third-order valence-electron chi connectivity index (χ3n) is 5.25. The standard InChI is InChI=1S/C26H21ClF2N4O5S/c1-32(14-22(34)30-20-7-3-2-6-19(20)27)23(35)15-39-26-31-21(13-18-5-4-12-37-18)24(36)33(26)16-8-10-17(11-9-16)38-25(28)29/h2-13,25H,14-15H2,1H3,(H,30,34)/b21-13+. The van der Waals surface area contributed by atoms with Gasteiger partial charge < -0.3 is 19.4 Å². The summed E-state index contributed by atoms with van der Waals surface area (Å²) in [7, 11) is 1.47. The first kappa shape index (κ1) is 27.9. The highest BCUT2D eigenvalue weighted by Crippen LogP contribution is 2.31. The fourth-order valence-corrected chi connectivity index (χ4v) is 4.53. The number of hydrogen-bond donors (Lipinski definition) is 1. The number of aliphatic imine (C=N–C) groups is 1. The van der Waals surface area contributed by atoms with Crippen molar-refractivity contribution in [2.45, 2.75) is 6.61 Å². The second-order valence-electron chi connectivity index (χ2n) is 8.02. The van der Waals surface area contributed by atoms with Crippen molar-refractivity contribution in [2.24, 2.45) is 4.99 Å². The van der Waals surface area contributed by atoms with E-state index < -0.39 is 24.3 Å². The van der Waals surface area contributed by atoms with Crippen molar-refractivity contribution >= 4 is 63.7 Å². The fourth-order valence-electron chi connectivity index (χ4n) is 3.40. The van der Waals surface area contributed by atoms with Crippen LogP contribution in [-0.2, 0) is 14.4 Å². The van der Waals surface area contributed by atoms with Crippen LogP contribution in [0.5, 0.6) is 5.75 Å². The predicted molar refractivity (Wildman–Crippen MR) is 145 cm³/mol. The van der Waals surface area contributed by atoms with Gasteiger partial charge in [0.1, 0.15) is 17.2 Å². The average Bonchev–Trinajstić information content (AvgIpc) is 3.52. The summed E-state index contributed by atoms with van der Waals surface area (Å²) in [5.74, 6) is -1.16. The Morgan fingerprint density at radius 2 is 1.92 bits per heavy atom. The van der Waals surface area contributed by atoms with Gasteiger partial charge in [-0.2, -0.15) is 8.78 Å². The zero-order valence-electron chi connectivity index (χ0n) is 20.3. The zero-order chi connectivity index (χ0) is 27.9. The molecule has 2 aromatic carbocycles. The SMILES string of the molecule is CN(CC(=O)Nc1ccccc1Cl)C(=O)CSC1=N/C(=C/c2ccco2)C(=O)N1c1ccc(OC(F)F)cc1. The molecule has 1 aliphatic rings.